The van der Waals surface area contributed by atoms with E-state index >= 15 is 0 Å². The first-order valence-electron chi connectivity index (χ1n) is 8.37. The number of carbonyl (C=O) groups is 1. The number of urea groups is 1. The highest BCUT2D eigenvalue weighted by Gasteiger charge is 2.22. The van der Waals surface area contributed by atoms with E-state index in [2.05, 4.69) is 15.3 Å². The quantitative estimate of drug-likeness (QED) is 0.831. The van der Waals surface area contributed by atoms with E-state index in [9.17, 15) is 13.2 Å². The van der Waals surface area contributed by atoms with Crippen molar-refractivity contribution < 1.29 is 13.2 Å². The molecule has 7 nitrogen and oxygen atoms in total. The summed E-state index contributed by atoms with van der Waals surface area (Å²) in [5, 5.41) is 2.40. The molecule has 26 heavy (non-hydrogen) atoms. The number of nitrogens with zero attached hydrogens (tertiary/aromatic N) is 2. The third kappa shape index (κ3) is 4.57. The summed E-state index contributed by atoms with van der Waals surface area (Å²) in [5.41, 5.74) is 3.11. The second-order valence-electron chi connectivity index (χ2n) is 6.68. The van der Waals surface area contributed by atoms with Crippen LogP contribution in [0, 0.1) is 6.92 Å². The minimum Gasteiger partial charge on any atom is -0.307 e. The zero-order valence-electron chi connectivity index (χ0n) is 15.6. The van der Waals surface area contributed by atoms with E-state index in [1.54, 1.807) is 6.92 Å². The molecule has 0 aliphatic rings. The van der Waals surface area contributed by atoms with E-state index < -0.39 is 16.1 Å². The molecule has 8 heteroatoms. The Morgan fingerprint density at radius 2 is 1.58 bits per heavy atom. The fraction of sp³-hybridized carbons (Fsp3) is 0.389. The van der Waals surface area contributed by atoms with Crippen molar-refractivity contribution in [3.05, 3.63) is 47.4 Å². The molecule has 0 saturated carbocycles. The largest absolute Gasteiger partial charge is 0.333 e. The van der Waals surface area contributed by atoms with Crippen LogP contribution >= 0.6 is 0 Å². The number of sulfonamides is 1. The zero-order chi connectivity index (χ0) is 19.5. The smallest absolute Gasteiger partial charge is 0.307 e. The van der Waals surface area contributed by atoms with Crippen LogP contribution in [0.3, 0.4) is 0 Å². The standard InChI is InChI=1S/C18H24N4O3S/c1-11(2)14-7-6-8-15(12(3)4)17(14)21-18(23)22-26(24,25)16-10-19-13(5)9-20-16/h6-12H,1-5H3,(H2,21,22,23). The third-order valence-electron chi connectivity index (χ3n) is 3.87. The molecule has 2 N–H and O–H groups in total. The number of amides is 2. The Labute approximate surface area is 154 Å². The Morgan fingerprint density at radius 1 is 1.00 bits per heavy atom. The number of nitrogens with one attached hydrogen (secondary N) is 2. The number of para-hydroxylation sites is 1. The predicted molar refractivity (Wildman–Crippen MR) is 101 cm³/mol. The highest BCUT2D eigenvalue weighted by Crippen LogP contribution is 2.32. The molecular formula is C18H24N4O3S. The number of hydrogen-bond acceptors (Lipinski definition) is 5. The lowest BCUT2D eigenvalue weighted by Crippen LogP contribution is -2.35. The highest BCUT2D eigenvalue weighted by molar-refractivity contribution is 7.90. The van der Waals surface area contributed by atoms with E-state index in [-0.39, 0.29) is 16.9 Å². The van der Waals surface area contributed by atoms with Gasteiger partial charge in [-0.15, -0.1) is 0 Å². The summed E-state index contributed by atoms with van der Waals surface area (Å²) in [7, 11) is -4.10. The lowest BCUT2D eigenvalue weighted by Gasteiger charge is -2.20. The number of aryl methyl sites for hydroxylation is 1. The first-order valence-corrected chi connectivity index (χ1v) is 9.85. The van der Waals surface area contributed by atoms with Crippen LogP contribution in [0.25, 0.3) is 0 Å². The van der Waals surface area contributed by atoms with Gasteiger partial charge in [-0.05, 0) is 29.9 Å². The van der Waals surface area contributed by atoms with Crippen molar-refractivity contribution in [1.29, 1.82) is 0 Å². The lowest BCUT2D eigenvalue weighted by molar-refractivity contribution is 0.256. The molecular weight excluding hydrogens is 352 g/mol. The van der Waals surface area contributed by atoms with Gasteiger partial charge in [0.15, 0.2) is 5.03 Å². The van der Waals surface area contributed by atoms with E-state index in [1.165, 1.54) is 6.20 Å². The maximum absolute atomic E-state index is 12.4. The molecule has 2 rings (SSSR count). The van der Waals surface area contributed by atoms with Gasteiger partial charge in [0.1, 0.15) is 0 Å². The fourth-order valence-corrected chi connectivity index (χ4v) is 3.31. The topological polar surface area (TPSA) is 101 Å². The average Bonchev–Trinajstić information content (AvgIpc) is 2.54. The highest BCUT2D eigenvalue weighted by atomic mass is 32.2. The van der Waals surface area contributed by atoms with Crippen molar-refractivity contribution in [2.24, 2.45) is 0 Å². The summed E-state index contributed by atoms with van der Waals surface area (Å²) in [6.07, 6.45) is 2.45. The van der Waals surface area contributed by atoms with Crippen molar-refractivity contribution in [2.75, 3.05) is 5.32 Å². The lowest BCUT2D eigenvalue weighted by atomic mass is 9.93. The molecule has 1 aromatic heterocycles. The number of carbonyl (C=O) groups excluding carboxylic acids is 1. The van der Waals surface area contributed by atoms with Gasteiger partial charge in [0.05, 0.1) is 11.9 Å². The Hall–Kier alpha value is -2.48. The molecule has 0 atom stereocenters. The average molecular weight is 376 g/mol. The molecule has 140 valence electrons. The van der Waals surface area contributed by atoms with Crippen molar-refractivity contribution >= 4 is 21.7 Å². The molecule has 0 radical (unpaired) electrons. The maximum Gasteiger partial charge on any atom is 0.333 e. The van der Waals surface area contributed by atoms with Gasteiger partial charge < -0.3 is 5.32 Å². The van der Waals surface area contributed by atoms with Gasteiger partial charge in [-0.1, -0.05) is 45.9 Å². The van der Waals surface area contributed by atoms with E-state index in [0.29, 0.717) is 11.4 Å². The second-order valence-corrected chi connectivity index (χ2v) is 8.31. The molecule has 0 spiro atoms. The van der Waals surface area contributed by atoms with Crippen LogP contribution in [-0.2, 0) is 10.0 Å². The normalized spacial score (nSPS) is 11.7. The molecule has 0 unspecified atom stereocenters. The van der Waals surface area contributed by atoms with Crippen LogP contribution in [0.15, 0.2) is 35.6 Å². The van der Waals surface area contributed by atoms with Crippen LogP contribution in [0.1, 0.15) is 56.4 Å². The molecule has 0 saturated heterocycles. The monoisotopic (exact) mass is 376 g/mol. The van der Waals surface area contributed by atoms with Gasteiger partial charge in [-0.2, -0.15) is 8.42 Å². The molecule has 1 aromatic carbocycles. The zero-order valence-corrected chi connectivity index (χ0v) is 16.4. The summed E-state index contributed by atoms with van der Waals surface area (Å²) in [6.45, 7) is 9.75. The first kappa shape index (κ1) is 19.8. The molecule has 0 aliphatic carbocycles. The predicted octanol–water partition coefficient (Wildman–Crippen LogP) is 3.54. The summed E-state index contributed by atoms with van der Waals surface area (Å²) in [5.74, 6) is 0.340. The molecule has 2 amide bonds. The Morgan fingerprint density at radius 3 is 2.04 bits per heavy atom. The summed E-state index contributed by atoms with van der Waals surface area (Å²) < 4.78 is 26.6. The van der Waals surface area contributed by atoms with Crippen LogP contribution in [0.2, 0.25) is 0 Å². The van der Waals surface area contributed by atoms with Gasteiger partial charge in [0.25, 0.3) is 10.0 Å². The second kappa shape index (κ2) is 7.82. The van der Waals surface area contributed by atoms with Gasteiger partial charge in [-0.3, -0.25) is 4.98 Å². The Balaban J connectivity index is 2.29. The molecule has 0 fully saturated rings. The first-order chi connectivity index (χ1) is 12.1. The van der Waals surface area contributed by atoms with Crippen LogP contribution < -0.4 is 10.0 Å². The SMILES string of the molecule is Cc1cnc(S(=O)(=O)NC(=O)Nc2c(C(C)C)cccc2C(C)C)cn1. The Kier molecular flexibility index (Phi) is 5.97. The Bertz CT molecular complexity index is 865. The van der Waals surface area contributed by atoms with Gasteiger partial charge in [0.2, 0.25) is 0 Å². The number of rotatable bonds is 5. The van der Waals surface area contributed by atoms with Gasteiger partial charge in [0, 0.05) is 11.9 Å². The van der Waals surface area contributed by atoms with Crippen molar-refractivity contribution in [1.82, 2.24) is 14.7 Å². The minimum absolute atomic E-state index is 0.170. The number of hydrogen-bond donors (Lipinski definition) is 2. The summed E-state index contributed by atoms with van der Waals surface area (Å²) in [4.78, 5) is 20.1. The van der Waals surface area contributed by atoms with Crippen LogP contribution in [0.5, 0.6) is 0 Å². The van der Waals surface area contributed by atoms with E-state index in [4.69, 9.17) is 0 Å². The van der Waals surface area contributed by atoms with Crippen molar-refractivity contribution in [2.45, 2.75) is 51.5 Å². The maximum atomic E-state index is 12.4. The van der Waals surface area contributed by atoms with Crippen LogP contribution in [-0.4, -0.2) is 24.4 Å². The number of aromatic nitrogens is 2. The number of anilines is 1. The summed E-state index contributed by atoms with van der Waals surface area (Å²) >= 11 is 0. The summed E-state index contributed by atoms with van der Waals surface area (Å²) in [6, 6.07) is 4.95. The van der Waals surface area contributed by atoms with Gasteiger partial charge in [-0.25, -0.2) is 14.5 Å². The minimum atomic E-state index is -4.10. The van der Waals surface area contributed by atoms with Crippen LogP contribution in [0.4, 0.5) is 10.5 Å². The molecule has 2 aromatic rings. The van der Waals surface area contributed by atoms with E-state index in [0.717, 1.165) is 17.3 Å². The fourth-order valence-electron chi connectivity index (χ4n) is 2.53. The van der Waals surface area contributed by atoms with Gasteiger partial charge >= 0.3 is 6.03 Å². The molecule has 0 aliphatic heterocycles. The van der Waals surface area contributed by atoms with Crippen molar-refractivity contribution in [3.63, 3.8) is 0 Å². The third-order valence-corrected chi connectivity index (χ3v) is 5.09. The molecule has 0 bridgehead atoms. The van der Waals surface area contributed by atoms with Crippen molar-refractivity contribution in [3.8, 4) is 0 Å². The number of benzene rings is 1. The molecule has 1 heterocycles. The van der Waals surface area contributed by atoms with E-state index in [1.807, 2.05) is 50.6 Å².